The molecule has 0 aliphatic carbocycles. The highest BCUT2D eigenvalue weighted by Gasteiger charge is 2.00. The summed E-state index contributed by atoms with van der Waals surface area (Å²) in [6.45, 7) is 1.05. The molecule has 0 aliphatic heterocycles. The van der Waals surface area contributed by atoms with Crippen LogP contribution in [0.25, 0.3) is 0 Å². The predicted octanol–water partition coefficient (Wildman–Crippen LogP) is 0.926. The molecule has 1 heterocycles. The van der Waals surface area contributed by atoms with Gasteiger partial charge in [0.2, 0.25) is 5.91 Å². The van der Waals surface area contributed by atoms with Gasteiger partial charge >= 0.3 is 6.03 Å². The Labute approximate surface area is 112 Å². The van der Waals surface area contributed by atoms with Crippen LogP contribution in [0.15, 0.2) is 24.5 Å². The van der Waals surface area contributed by atoms with Crippen molar-refractivity contribution in [3.05, 3.63) is 30.1 Å². The summed E-state index contributed by atoms with van der Waals surface area (Å²) < 4.78 is 0. The third kappa shape index (κ3) is 7.75. The Morgan fingerprint density at radius 3 is 2.74 bits per heavy atom. The molecule has 4 N–H and O–H groups in total. The van der Waals surface area contributed by atoms with Gasteiger partial charge < -0.3 is 16.4 Å². The number of carbonyl (C=O) groups is 2. The van der Waals surface area contributed by atoms with Crippen LogP contribution in [0.4, 0.5) is 4.79 Å². The standard InChI is InChI=1S/C13H20N4O2/c14-12(18)6-2-1-3-8-16-13(19)17-10-11-5-4-7-15-9-11/h4-5,7,9H,1-3,6,8,10H2,(H2,14,18)(H2,16,17,19). The number of nitrogens with one attached hydrogen (secondary N) is 2. The van der Waals surface area contributed by atoms with Crippen LogP contribution in [0.3, 0.4) is 0 Å². The Morgan fingerprint density at radius 1 is 1.21 bits per heavy atom. The van der Waals surface area contributed by atoms with Crippen molar-refractivity contribution in [1.82, 2.24) is 15.6 Å². The number of carbonyl (C=O) groups excluding carboxylic acids is 2. The number of rotatable bonds is 8. The number of primary amides is 1. The SMILES string of the molecule is NC(=O)CCCCCNC(=O)NCc1cccnc1. The summed E-state index contributed by atoms with van der Waals surface area (Å²) in [7, 11) is 0. The Bertz CT molecular complexity index is 395. The maximum atomic E-state index is 11.4. The number of amides is 3. The molecule has 0 radical (unpaired) electrons. The maximum Gasteiger partial charge on any atom is 0.315 e. The summed E-state index contributed by atoms with van der Waals surface area (Å²) in [5.41, 5.74) is 5.98. The van der Waals surface area contributed by atoms with Gasteiger partial charge in [0.25, 0.3) is 0 Å². The van der Waals surface area contributed by atoms with E-state index in [1.807, 2.05) is 12.1 Å². The van der Waals surface area contributed by atoms with Crippen LogP contribution < -0.4 is 16.4 Å². The number of urea groups is 1. The summed E-state index contributed by atoms with van der Waals surface area (Å²) in [4.78, 5) is 25.9. The number of aromatic nitrogens is 1. The van der Waals surface area contributed by atoms with Crippen LogP contribution in [0.5, 0.6) is 0 Å². The Balaban J connectivity index is 2.01. The Morgan fingerprint density at radius 2 is 2.05 bits per heavy atom. The fourth-order valence-corrected chi connectivity index (χ4v) is 1.55. The van der Waals surface area contributed by atoms with Crippen molar-refractivity contribution >= 4 is 11.9 Å². The van der Waals surface area contributed by atoms with Crippen LogP contribution in [-0.4, -0.2) is 23.5 Å². The number of hydrogen-bond acceptors (Lipinski definition) is 3. The zero-order chi connectivity index (χ0) is 13.9. The second-order valence-electron chi connectivity index (χ2n) is 4.25. The second kappa shape index (κ2) is 8.91. The van der Waals surface area contributed by atoms with Crippen molar-refractivity contribution in [2.24, 2.45) is 5.73 Å². The quantitative estimate of drug-likeness (QED) is 0.609. The van der Waals surface area contributed by atoms with Gasteiger partial charge in [-0.05, 0) is 24.5 Å². The molecule has 6 heteroatoms. The van der Waals surface area contributed by atoms with Crippen molar-refractivity contribution in [1.29, 1.82) is 0 Å². The van der Waals surface area contributed by atoms with Gasteiger partial charge in [0.05, 0.1) is 0 Å². The highest BCUT2D eigenvalue weighted by molar-refractivity contribution is 5.74. The molecule has 19 heavy (non-hydrogen) atoms. The molecule has 0 atom stereocenters. The molecular formula is C13H20N4O2. The van der Waals surface area contributed by atoms with Crippen molar-refractivity contribution in [3.8, 4) is 0 Å². The molecule has 6 nitrogen and oxygen atoms in total. The number of unbranched alkanes of at least 4 members (excludes halogenated alkanes) is 2. The lowest BCUT2D eigenvalue weighted by Crippen LogP contribution is -2.35. The monoisotopic (exact) mass is 264 g/mol. The molecule has 0 spiro atoms. The van der Waals surface area contributed by atoms with E-state index >= 15 is 0 Å². The topological polar surface area (TPSA) is 97.1 Å². The fraction of sp³-hybridized carbons (Fsp3) is 0.462. The average molecular weight is 264 g/mol. The minimum Gasteiger partial charge on any atom is -0.370 e. The van der Waals surface area contributed by atoms with Gasteiger partial charge in [0.15, 0.2) is 0 Å². The maximum absolute atomic E-state index is 11.4. The number of nitrogens with two attached hydrogens (primary N) is 1. The lowest BCUT2D eigenvalue weighted by molar-refractivity contribution is -0.118. The summed E-state index contributed by atoms with van der Waals surface area (Å²) in [6, 6.07) is 3.53. The van der Waals surface area contributed by atoms with Crippen molar-refractivity contribution in [2.45, 2.75) is 32.2 Å². The van der Waals surface area contributed by atoms with Gasteiger partial charge in [0, 0.05) is 31.9 Å². The van der Waals surface area contributed by atoms with E-state index in [-0.39, 0.29) is 11.9 Å². The molecule has 0 saturated carbocycles. The molecule has 1 aromatic heterocycles. The first-order chi connectivity index (χ1) is 9.18. The van der Waals surface area contributed by atoms with Crippen LogP contribution in [0.1, 0.15) is 31.2 Å². The predicted molar refractivity (Wildman–Crippen MR) is 72.1 cm³/mol. The lowest BCUT2D eigenvalue weighted by Gasteiger charge is -2.07. The first-order valence-electron chi connectivity index (χ1n) is 6.37. The zero-order valence-electron chi connectivity index (χ0n) is 10.9. The molecule has 0 aliphatic rings. The highest BCUT2D eigenvalue weighted by atomic mass is 16.2. The first-order valence-corrected chi connectivity index (χ1v) is 6.37. The van der Waals surface area contributed by atoms with E-state index in [0.29, 0.717) is 19.5 Å². The zero-order valence-corrected chi connectivity index (χ0v) is 10.9. The van der Waals surface area contributed by atoms with Gasteiger partial charge in [-0.25, -0.2) is 4.79 Å². The van der Waals surface area contributed by atoms with Gasteiger partial charge in [0.1, 0.15) is 0 Å². The van der Waals surface area contributed by atoms with Crippen LogP contribution in [-0.2, 0) is 11.3 Å². The highest BCUT2D eigenvalue weighted by Crippen LogP contribution is 1.98. The third-order valence-corrected chi connectivity index (χ3v) is 2.56. The van der Waals surface area contributed by atoms with Crippen LogP contribution >= 0.6 is 0 Å². The van der Waals surface area contributed by atoms with E-state index in [9.17, 15) is 9.59 Å². The van der Waals surface area contributed by atoms with E-state index in [1.54, 1.807) is 12.4 Å². The minimum absolute atomic E-state index is 0.196. The van der Waals surface area contributed by atoms with Gasteiger partial charge in [-0.1, -0.05) is 12.5 Å². The normalized spacial score (nSPS) is 9.89. The molecule has 104 valence electrons. The summed E-state index contributed by atoms with van der Waals surface area (Å²) in [5, 5.41) is 5.50. The molecule has 0 saturated heterocycles. The molecule has 3 amide bonds. The smallest absolute Gasteiger partial charge is 0.315 e. The van der Waals surface area contributed by atoms with E-state index in [0.717, 1.165) is 24.8 Å². The first kappa shape index (κ1) is 14.9. The Kier molecular flexibility index (Phi) is 7.01. The largest absolute Gasteiger partial charge is 0.370 e. The number of pyridine rings is 1. The van der Waals surface area contributed by atoms with Gasteiger partial charge in [-0.15, -0.1) is 0 Å². The van der Waals surface area contributed by atoms with E-state index in [2.05, 4.69) is 15.6 Å². The van der Waals surface area contributed by atoms with E-state index < -0.39 is 0 Å². The number of hydrogen-bond donors (Lipinski definition) is 3. The average Bonchev–Trinajstić information content (AvgIpc) is 2.41. The van der Waals surface area contributed by atoms with Crippen LogP contribution in [0, 0.1) is 0 Å². The lowest BCUT2D eigenvalue weighted by atomic mass is 10.2. The van der Waals surface area contributed by atoms with Crippen LogP contribution in [0.2, 0.25) is 0 Å². The molecule has 1 aromatic rings. The van der Waals surface area contributed by atoms with Gasteiger partial charge in [-0.3, -0.25) is 9.78 Å². The molecule has 0 aromatic carbocycles. The van der Waals surface area contributed by atoms with Crippen molar-refractivity contribution in [3.63, 3.8) is 0 Å². The molecule has 0 unspecified atom stereocenters. The minimum atomic E-state index is -0.276. The fourth-order valence-electron chi connectivity index (χ4n) is 1.55. The summed E-state index contributed by atoms with van der Waals surface area (Å²) >= 11 is 0. The summed E-state index contributed by atoms with van der Waals surface area (Å²) in [6.07, 6.45) is 6.31. The van der Waals surface area contributed by atoms with Crippen molar-refractivity contribution in [2.75, 3.05) is 6.54 Å². The molecular weight excluding hydrogens is 244 g/mol. The molecule has 0 fully saturated rings. The van der Waals surface area contributed by atoms with Gasteiger partial charge in [-0.2, -0.15) is 0 Å². The van der Waals surface area contributed by atoms with Crippen molar-refractivity contribution < 1.29 is 9.59 Å². The summed E-state index contributed by atoms with van der Waals surface area (Å²) in [5.74, 6) is -0.276. The molecule has 1 rings (SSSR count). The second-order valence-corrected chi connectivity index (χ2v) is 4.25. The van der Waals surface area contributed by atoms with E-state index in [1.165, 1.54) is 0 Å². The number of nitrogens with zero attached hydrogens (tertiary/aromatic N) is 1. The third-order valence-electron chi connectivity index (χ3n) is 2.56. The Hall–Kier alpha value is -2.11. The van der Waals surface area contributed by atoms with E-state index in [4.69, 9.17) is 5.73 Å². The molecule has 0 bridgehead atoms.